The number of amides is 1. The van der Waals surface area contributed by atoms with Crippen LogP contribution < -0.4 is 5.73 Å². The Bertz CT molecular complexity index is 1140. The highest BCUT2D eigenvalue weighted by Gasteiger charge is 2.26. The molecule has 1 fully saturated rings. The largest absolute Gasteiger partial charge is 0.397 e. The van der Waals surface area contributed by atoms with Gasteiger partial charge in [-0.25, -0.2) is 15.0 Å². The fourth-order valence-corrected chi connectivity index (χ4v) is 4.59. The zero-order valence-electron chi connectivity index (χ0n) is 14.5. The zero-order valence-corrected chi connectivity index (χ0v) is 15.3. The van der Waals surface area contributed by atoms with Crippen molar-refractivity contribution in [3.05, 3.63) is 35.9 Å². The number of nitrogens with two attached hydrogens (primary N) is 1. The molecule has 1 aliphatic heterocycles. The Morgan fingerprint density at radius 2 is 1.96 bits per heavy atom. The van der Waals surface area contributed by atoms with Crippen molar-refractivity contribution in [2.75, 3.05) is 18.8 Å². The molecule has 2 N–H and O–H groups in total. The van der Waals surface area contributed by atoms with E-state index in [9.17, 15) is 4.79 Å². The van der Waals surface area contributed by atoms with E-state index in [4.69, 9.17) is 10.7 Å². The Balaban J connectivity index is 1.71. The highest BCUT2D eigenvalue weighted by molar-refractivity contribution is 7.21. The summed E-state index contributed by atoms with van der Waals surface area (Å²) in [4.78, 5) is 33.8. The maximum absolute atomic E-state index is 13.0. The lowest BCUT2D eigenvalue weighted by molar-refractivity contribution is 0.0730. The van der Waals surface area contributed by atoms with E-state index in [-0.39, 0.29) is 5.91 Å². The first kappa shape index (κ1) is 16.1. The summed E-state index contributed by atoms with van der Waals surface area (Å²) in [6.07, 6.45) is 11.7. The van der Waals surface area contributed by atoms with Crippen molar-refractivity contribution < 1.29 is 4.79 Å². The second kappa shape index (κ2) is 6.27. The van der Waals surface area contributed by atoms with Gasteiger partial charge in [-0.05, 0) is 19.3 Å². The van der Waals surface area contributed by atoms with E-state index in [1.165, 1.54) is 17.8 Å². The molecule has 0 spiro atoms. The molecule has 0 aliphatic carbocycles. The van der Waals surface area contributed by atoms with Crippen LogP contribution in [0.1, 0.15) is 28.9 Å². The van der Waals surface area contributed by atoms with Gasteiger partial charge in [0.25, 0.3) is 5.91 Å². The SMILES string of the molecule is Nc1c(C(=O)N2CCCCC2)sc2nc(-c3cnccn3)n3ccnc3c12. The van der Waals surface area contributed by atoms with Crippen molar-refractivity contribution >= 4 is 38.8 Å². The van der Waals surface area contributed by atoms with Crippen LogP contribution in [-0.2, 0) is 0 Å². The molecule has 1 aliphatic rings. The number of likely N-dealkylation sites (tertiary alicyclic amines) is 1. The maximum Gasteiger partial charge on any atom is 0.266 e. The van der Waals surface area contributed by atoms with Gasteiger partial charge in [0.15, 0.2) is 11.5 Å². The minimum Gasteiger partial charge on any atom is -0.397 e. The number of thiophene rings is 1. The number of fused-ring (bicyclic) bond motifs is 3. The summed E-state index contributed by atoms with van der Waals surface area (Å²) >= 11 is 1.32. The number of carbonyl (C=O) groups excluding carboxylic acids is 1. The third-order valence-electron chi connectivity index (χ3n) is 4.86. The molecule has 1 saturated heterocycles. The molecule has 9 heteroatoms. The molecular weight excluding hydrogens is 362 g/mol. The van der Waals surface area contributed by atoms with Gasteiger partial charge < -0.3 is 10.6 Å². The molecule has 136 valence electrons. The van der Waals surface area contributed by atoms with Crippen LogP contribution in [0.2, 0.25) is 0 Å². The first-order chi connectivity index (χ1) is 13.2. The Kier molecular flexibility index (Phi) is 3.75. The Morgan fingerprint density at radius 1 is 1.11 bits per heavy atom. The van der Waals surface area contributed by atoms with Crippen LogP contribution in [0.15, 0.2) is 31.0 Å². The smallest absolute Gasteiger partial charge is 0.266 e. The van der Waals surface area contributed by atoms with Crippen LogP contribution in [0.4, 0.5) is 5.69 Å². The molecular formula is C18H17N7OS. The number of piperidine rings is 1. The van der Waals surface area contributed by atoms with E-state index < -0.39 is 0 Å². The average molecular weight is 379 g/mol. The molecule has 8 nitrogen and oxygen atoms in total. The fourth-order valence-electron chi connectivity index (χ4n) is 3.53. The standard InChI is InChI=1S/C18H17N7OS/c19-13-12-16-22-6-9-25(16)15(11-10-20-4-5-21-11)23-17(12)27-14(13)18(26)24-7-2-1-3-8-24/h4-6,9-10H,1-3,7-8,19H2. The van der Waals surface area contributed by atoms with Gasteiger partial charge >= 0.3 is 0 Å². The monoisotopic (exact) mass is 379 g/mol. The number of imidazole rings is 1. The lowest BCUT2D eigenvalue weighted by atomic mass is 10.1. The van der Waals surface area contributed by atoms with Crippen molar-refractivity contribution in [1.29, 1.82) is 0 Å². The molecule has 5 rings (SSSR count). The number of nitrogens with zero attached hydrogens (tertiary/aromatic N) is 6. The van der Waals surface area contributed by atoms with Crippen LogP contribution in [0, 0.1) is 0 Å². The first-order valence-corrected chi connectivity index (χ1v) is 9.66. The maximum atomic E-state index is 13.0. The van der Waals surface area contributed by atoms with E-state index in [1.807, 2.05) is 15.5 Å². The van der Waals surface area contributed by atoms with Crippen LogP contribution in [-0.4, -0.2) is 48.2 Å². The summed E-state index contributed by atoms with van der Waals surface area (Å²) < 4.78 is 1.84. The van der Waals surface area contributed by atoms with Crippen molar-refractivity contribution in [1.82, 2.24) is 29.2 Å². The molecule has 0 unspecified atom stereocenters. The second-order valence-electron chi connectivity index (χ2n) is 6.52. The Labute approximate surface area is 158 Å². The normalized spacial score (nSPS) is 14.9. The van der Waals surface area contributed by atoms with Gasteiger partial charge in [-0.2, -0.15) is 0 Å². The molecule has 0 atom stereocenters. The Morgan fingerprint density at radius 3 is 2.74 bits per heavy atom. The quantitative estimate of drug-likeness (QED) is 0.574. The van der Waals surface area contributed by atoms with Crippen LogP contribution in [0.25, 0.3) is 27.4 Å². The average Bonchev–Trinajstić information content (AvgIpc) is 3.33. The summed E-state index contributed by atoms with van der Waals surface area (Å²) in [5.74, 6) is 0.613. The Hall–Kier alpha value is -3.07. The van der Waals surface area contributed by atoms with Crippen LogP contribution >= 0.6 is 11.3 Å². The van der Waals surface area contributed by atoms with Gasteiger partial charge in [-0.1, -0.05) is 0 Å². The lowest BCUT2D eigenvalue weighted by Crippen LogP contribution is -2.35. The molecule has 4 aromatic heterocycles. The second-order valence-corrected chi connectivity index (χ2v) is 7.52. The zero-order chi connectivity index (χ0) is 18.4. The highest BCUT2D eigenvalue weighted by Crippen LogP contribution is 2.37. The summed E-state index contributed by atoms with van der Waals surface area (Å²) in [5.41, 5.74) is 8.17. The molecule has 0 saturated carbocycles. The number of hydrogen-bond acceptors (Lipinski definition) is 7. The van der Waals surface area contributed by atoms with Crippen LogP contribution in [0.5, 0.6) is 0 Å². The molecule has 0 aromatic carbocycles. The predicted molar refractivity (Wildman–Crippen MR) is 104 cm³/mol. The number of aromatic nitrogens is 5. The van der Waals surface area contributed by atoms with Crippen molar-refractivity contribution in [3.8, 4) is 11.5 Å². The summed E-state index contributed by atoms with van der Waals surface area (Å²) in [7, 11) is 0. The van der Waals surface area contributed by atoms with Gasteiger partial charge in [0, 0.05) is 37.9 Å². The molecule has 4 aromatic rings. The van der Waals surface area contributed by atoms with Gasteiger partial charge in [0.2, 0.25) is 0 Å². The number of carbonyl (C=O) groups is 1. The van der Waals surface area contributed by atoms with E-state index in [2.05, 4.69) is 15.0 Å². The number of hydrogen-bond donors (Lipinski definition) is 1. The third kappa shape index (κ3) is 2.54. The highest BCUT2D eigenvalue weighted by atomic mass is 32.1. The summed E-state index contributed by atoms with van der Waals surface area (Å²) in [6, 6.07) is 0. The van der Waals surface area contributed by atoms with E-state index in [0.717, 1.165) is 31.3 Å². The van der Waals surface area contributed by atoms with E-state index in [0.29, 0.717) is 32.6 Å². The molecule has 5 heterocycles. The predicted octanol–water partition coefficient (Wildman–Crippen LogP) is 2.61. The van der Waals surface area contributed by atoms with Gasteiger partial charge in [-0.3, -0.25) is 14.2 Å². The van der Waals surface area contributed by atoms with Crippen LogP contribution in [0.3, 0.4) is 0 Å². The lowest BCUT2D eigenvalue weighted by Gasteiger charge is -2.26. The van der Waals surface area contributed by atoms with E-state index >= 15 is 0 Å². The van der Waals surface area contributed by atoms with Crippen molar-refractivity contribution in [3.63, 3.8) is 0 Å². The van der Waals surface area contributed by atoms with E-state index in [1.54, 1.807) is 24.8 Å². The first-order valence-electron chi connectivity index (χ1n) is 8.85. The minimum absolute atomic E-state index is 0.0130. The fraction of sp³-hybridized carbons (Fsp3) is 0.278. The molecule has 0 bridgehead atoms. The molecule has 27 heavy (non-hydrogen) atoms. The minimum atomic E-state index is -0.0130. The number of anilines is 1. The number of nitrogen functional groups attached to an aromatic ring is 1. The van der Waals surface area contributed by atoms with Gasteiger partial charge in [0.05, 0.1) is 17.3 Å². The third-order valence-corrected chi connectivity index (χ3v) is 5.94. The topological polar surface area (TPSA) is 102 Å². The van der Waals surface area contributed by atoms with Gasteiger partial charge in [-0.15, -0.1) is 11.3 Å². The number of rotatable bonds is 2. The molecule has 1 amide bonds. The van der Waals surface area contributed by atoms with Gasteiger partial charge in [0.1, 0.15) is 15.4 Å². The van der Waals surface area contributed by atoms with Crippen molar-refractivity contribution in [2.24, 2.45) is 0 Å². The van der Waals surface area contributed by atoms with Crippen molar-refractivity contribution in [2.45, 2.75) is 19.3 Å². The summed E-state index contributed by atoms with van der Waals surface area (Å²) in [6.45, 7) is 1.56. The summed E-state index contributed by atoms with van der Waals surface area (Å²) in [5, 5.41) is 0.720. The molecule has 0 radical (unpaired) electrons.